The minimum absolute atomic E-state index is 1.26. The van der Waals surface area contributed by atoms with Crippen molar-refractivity contribution in [2.24, 2.45) is 0 Å². The molecule has 0 atom stereocenters. The van der Waals surface area contributed by atoms with Crippen LogP contribution in [0.15, 0.2) is 30.3 Å². The van der Waals surface area contributed by atoms with Crippen molar-refractivity contribution in [2.45, 2.75) is 116 Å². The molecule has 0 saturated carbocycles. The van der Waals surface area contributed by atoms with Gasteiger partial charge in [0.15, 0.2) is 0 Å². The first-order valence-corrected chi connectivity index (χ1v) is 12.8. The standard InChI is InChI=1S/C27H48N/c1-2-3-4-5-6-7-8-9-10-11-12-13-14-15-19-24-28(25-20-21-26-28)27-22-17-16-18-23-27/h16-18,22-23H,2-15,19-21,24-26H2,1H3/q+1. The van der Waals surface area contributed by atoms with Gasteiger partial charge in [0.25, 0.3) is 0 Å². The van der Waals surface area contributed by atoms with Crippen LogP contribution in [-0.4, -0.2) is 19.6 Å². The molecule has 28 heavy (non-hydrogen) atoms. The van der Waals surface area contributed by atoms with Crippen molar-refractivity contribution in [1.29, 1.82) is 0 Å². The minimum atomic E-state index is 1.26. The predicted molar refractivity (Wildman–Crippen MR) is 127 cm³/mol. The lowest BCUT2D eigenvalue weighted by atomic mass is 10.0. The molecule has 1 aromatic carbocycles. The summed E-state index contributed by atoms with van der Waals surface area (Å²) < 4.78 is 1.26. The largest absolute Gasteiger partial charge is 0.291 e. The first-order valence-electron chi connectivity index (χ1n) is 12.8. The quantitative estimate of drug-likeness (QED) is 0.185. The monoisotopic (exact) mass is 386 g/mol. The smallest absolute Gasteiger partial charge is 0.132 e. The highest BCUT2D eigenvalue weighted by molar-refractivity contribution is 5.43. The van der Waals surface area contributed by atoms with Gasteiger partial charge in [-0.2, -0.15) is 0 Å². The van der Waals surface area contributed by atoms with Crippen molar-refractivity contribution >= 4 is 5.69 Å². The molecule has 1 nitrogen and oxygen atoms in total. The summed E-state index contributed by atoms with van der Waals surface area (Å²) in [4.78, 5) is 0. The fourth-order valence-electron chi connectivity index (χ4n) is 5.08. The summed E-state index contributed by atoms with van der Waals surface area (Å²) in [6.07, 6.45) is 24.6. The minimum Gasteiger partial charge on any atom is -0.291 e. The van der Waals surface area contributed by atoms with E-state index in [1.165, 1.54) is 133 Å². The molecule has 0 radical (unpaired) electrons. The molecule has 1 heteroatoms. The Kier molecular flexibility index (Phi) is 12.6. The highest BCUT2D eigenvalue weighted by Crippen LogP contribution is 2.30. The number of rotatable bonds is 17. The number of benzene rings is 1. The molecule has 0 aromatic heterocycles. The van der Waals surface area contributed by atoms with Gasteiger partial charge in [-0.25, -0.2) is 0 Å². The van der Waals surface area contributed by atoms with Crippen LogP contribution >= 0.6 is 0 Å². The van der Waals surface area contributed by atoms with Crippen LogP contribution in [0.5, 0.6) is 0 Å². The Hall–Kier alpha value is -0.820. The summed E-state index contributed by atoms with van der Waals surface area (Å²) in [5, 5.41) is 0. The Labute approximate surface area is 176 Å². The van der Waals surface area contributed by atoms with E-state index in [9.17, 15) is 0 Å². The van der Waals surface area contributed by atoms with E-state index >= 15 is 0 Å². The Bertz CT molecular complexity index is 460. The summed E-state index contributed by atoms with van der Waals surface area (Å²) in [5.74, 6) is 0. The molecule has 0 unspecified atom stereocenters. The molecule has 1 saturated heterocycles. The van der Waals surface area contributed by atoms with Gasteiger partial charge in [-0.3, -0.25) is 4.48 Å². The van der Waals surface area contributed by atoms with E-state index in [1.54, 1.807) is 5.69 Å². The van der Waals surface area contributed by atoms with Gasteiger partial charge in [0.2, 0.25) is 0 Å². The molecular formula is C27H48N+. The molecule has 0 N–H and O–H groups in total. The summed E-state index contributed by atoms with van der Waals surface area (Å²) in [5.41, 5.74) is 1.56. The molecule has 2 rings (SSSR count). The number of nitrogens with zero attached hydrogens (tertiary/aromatic N) is 1. The lowest BCUT2D eigenvalue weighted by molar-refractivity contribution is 0.322. The van der Waals surface area contributed by atoms with E-state index in [4.69, 9.17) is 0 Å². The van der Waals surface area contributed by atoms with Gasteiger partial charge in [0, 0.05) is 12.8 Å². The molecule has 0 spiro atoms. The van der Waals surface area contributed by atoms with E-state index < -0.39 is 0 Å². The summed E-state index contributed by atoms with van der Waals surface area (Å²) in [6.45, 7) is 6.39. The SMILES string of the molecule is CCCCCCCCCCCCCCCCC[N+]1(c2ccccc2)CCCC1. The normalized spacial score (nSPS) is 15.9. The van der Waals surface area contributed by atoms with E-state index in [1.807, 2.05) is 0 Å². The molecule has 0 aliphatic carbocycles. The molecule has 1 aromatic rings. The van der Waals surface area contributed by atoms with Crippen LogP contribution in [0.25, 0.3) is 0 Å². The van der Waals surface area contributed by atoms with Gasteiger partial charge in [-0.1, -0.05) is 109 Å². The highest BCUT2D eigenvalue weighted by atomic mass is 15.4. The van der Waals surface area contributed by atoms with Crippen molar-refractivity contribution in [1.82, 2.24) is 4.48 Å². The van der Waals surface area contributed by atoms with Crippen molar-refractivity contribution in [3.8, 4) is 0 Å². The maximum Gasteiger partial charge on any atom is 0.132 e. The van der Waals surface area contributed by atoms with Crippen LogP contribution in [0.3, 0.4) is 0 Å². The number of likely N-dealkylation sites (tertiary alicyclic amines) is 1. The van der Waals surface area contributed by atoms with E-state index in [0.29, 0.717) is 0 Å². The zero-order valence-corrected chi connectivity index (χ0v) is 19.0. The van der Waals surface area contributed by atoms with Gasteiger partial charge in [0.05, 0.1) is 19.6 Å². The summed E-state index contributed by atoms with van der Waals surface area (Å²) in [6, 6.07) is 11.3. The summed E-state index contributed by atoms with van der Waals surface area (Å²) >= 11 is 0. The average Bonchev–Trinajstić information content (AvgIpc) is 3.22. The third kappa shape index (κ3) is 9.12. The average molecular weight is 387 g/mol. The zero-order chi connectivity index (χ0) is 19.8. The second-order valence-corrected chi connectivity index (χ2v) is 9.31. The Morgan fingerprint density at radius 3 is 1.46 bits per heavy atom. The lowest BCUT2D eigenvalue weighted by Gasteiger charge is -2.34. The van der Waals surface area contributed by atoms with Gasteiger partial charge >= 0.3 is 0 Å². The molecule has 1 fully saturated rings. The molecule has 160 valence electrons. The van der Waals surface area contributed by atoms with Gasteiger partial charge < -0.3 is 0 Å². The third-order valence-electron chi connectivity index (χ3n) is 6.92. The maximum atomic E-state index is 2.36. The fourth-order valence-corrected chi connectivity index (χ4v) is 5.08. The Morgan fingerprint density at radius 1 is 0.571 bits per heavy atom. The van der Waals surface area contributed by atoms with Crippen LogP contribution < -0.4 is 4.48 Å². The van der Waals surface area contributed by atoms with Crippen molar-refractivity contribution in [3.63, 3.8) is 0 Å². The Balaban J connectivity index is 1.41. The number of hydrogen-bond donors (Lipinski definition) is 0. The lowest BCUT2D eigenvalue weighted by Crippen LogP contribution is -2.47. The Morgan fingerprint density at radius 2 is 1.00 bits per heavy atom. The van der Waals surface area contributed by atoms with Gasteiger partial charge in [-0.05, 0) is 25.0 Å². The molecule has 0 amide bonds. The first-order chi connectivity index (χ1) is 13.9. The summed E-state index contributed by atoms with van der Waals surface area (Å²) in [7, 11) is 0. The van der Waals surface area contributed by atoms with E-state index in [-0.39, 0.29) is 0 Å². The predicted octanol–water partition coefficient (Wildman–Crippen LogP) is 8.66. The van der Waals surface area contributed by atoms with E-state index in [2.05, 4.69) is 37.3 Å². The van der Waals surface area contributed by atoms with Crippen LogP contribution in [0, 0.1) is 0 Å². The van der Waals surface area contributed by atoms with Crippen molar-refractivity contribution in [2.75, 3.05) is 19.6 Å². The fraction of sp³-hybridized carbons (Fsp3) is 0.778. The number of hydrogen-bond acceptors (Lipinski definition) is 0. The van der Waals surface area contributed by atoms with Crippen LogP contribution in [0.2, 0.25) is 0 Å². The van der Waals surface area contributed by atoms with Crippen LogP contribution in [0.4, 0.5) is 5.69 Å². The second-order valence-electron chi connectivity index (χ2n) is 9.31. The number of para-hydroxylation sites is 1. The van der Waals surface area contributed by atoms with Crippen LogP contribution in [-0.2, 0) is 0 Å². The zero-order valence-electron chi connectivity index (χ0n) is 19.0. The van der Waals surface area contributed by atoms with Gasteiger partial charge in [-0.15, -0.1) is 0 Å². The molecular weight excluding hydrogens is 338 g/mol. The first kappa shape index (κ1) is 23.5. The highest BCUT2D eigenvalue weighted by Gasteiger charge is 2.33. The number of quaternary nitrogens is 1. The van der Waals surface area contributed by atoms with Crippen LogP contribution in [0.1, 0.15) is 116 Å². The molecule has 1 aliphatic rings. The van der Waals surface area contributed by atoms with Gasteiger partial charge in [0.1, 0.15) is 5.69 Å². The van der Waals surface area contributed by atoms with Crippen molar-refractivity contribution in [3.05, 3.63) is 30.3 Å². The maximum absolute atomic E-state index is 2.36. The second kappa shape index (κ2) is 15.1. The molecule has 1 aliphatic heterocycles. The van der Waals surface area contributed by atoms with E-state index in [0.717, 1.165) is 0 Å². The number of unbranched alkanes of at least 4 members (excludes halogenated alkanes) is 14. The topological polar surface area (TPSA) is 0 Å². The third-order valence-corrected chi connectivity index (χ3v) is 6.92. The molecule has 1 heterocycles. The van der Waals surface area contributed by atoms with Crippen molar-refractivity contribution < 1.29 is 0 Å². The molecule has 0 bridgehead atoms.